The van der Waals surface area contributed by atoms with Crippen molar-refractivity contribution in [2.45, 2.75) is 19.5 Å². The van der Waals surface area contributed by atoms with E-state index >= 15 is 0 Å². The first-order chi connectivity index (χ1) is 19.9. The lowest BCUT2D eigenvalue weighted by Gasteiger charge is -2.39. The summed E-state index contributed by atoms with van der Waals surface area (Å²) in [5, 5.41) is 13.2. The Bertz CT molecular complexity index is 1680. The molecule has 6 rings (SSSR count). The number of benzene rings is 2. The second-order valence-corrected chi connectivity index (χ2v) is 11.0. The Kier molecular flexibility index (Phi) is 7.50. The van der Waals surface area contributed by atoms with E-state index in [1.165, 1.54) is 0 Å². The molecular weight excluding hydrogens is 557 g/mol. The summed E-state index contributed by atoms with van der Waals surface area (Å²) in [5.74, 6) is 0.921. The number of allylic oxidation sites excluding steroid dienone is 1. The molecule has 2 aromatic heterocycles. The van der Waals surface area contributed by atoms with Crippen LogP contribution in [0.4, 0.5) is 10.5 Å². The Morgan fingerprint density at radius 3 is 2.54 bits per heavy atom. The van der Waals surface area contributed by atoms with E-state index in [-0.39, 0.29) is 12.1 Å². The lowest BCUT2D eigenvalue weighted by molar-refractivity contribution is 0.125. The number of fused-ring (bicyclic) bond motifs is 2. The number of urea groups is 1. The summed E-state index contributed by atoms with van der Waals surface area (Å²) in [4.78, 5) is 26.5. The molecule has 0 bridgehead atoms. The number of halogens is 2. The Morgan fingerprint density at radius 1 is 1.05 bits per heavy atom. The number of hydrogen-bond donors (Lipinski definition) is 1. The molecule has 3 heterocycles. The fourth-order valence-corrected chi connectivity index (χ4v) is 5.86. The fraction of sp³-hybridized carbons (Fsp3) is 0.226. The van der Waals surface area contributed by atoms with Gasteiger partial charge in [0, 0.05) is 67.6 Å². The molecule has 10 heteroatoms. The highest BCUT2D eigenvalue weighted by molar-refractivity contribution is 6.31. The quantitative estimate of drug-likeness (QED) is 0.306. The second-order valence-electron chi connectivity index (χ2n) is 10.2. The molecule has 41 heavy (non-hydrogen) atoms. The van der Waals surface area contributed by atoms with Gasteiger partial charge in [-0.1, -0.05) is 29.3 Å². The van der Waals surface area contributed by atoms with Gasteiger partial charge in [0.15, 0.2) is 0 Å². The van der Waals surface area contributed by atoms with Crippen molar-refractivity contribution < 1.29 is 4.79 Å². The van der Waals surface area contributed by atoms with Gasteiger partial charge in [-0.05, 0) is 72.2 Å². The zero-order valence-electron chi connectivity index (χ0n) is 22.4. The molecule has 8 nitrogen and oxygen atoms in total. The Hall–Kier alpha value is -4.16. The van der Waals surface area contributed by atoms with Crippen LogP contribution in [0.1, 0.15) is 39.8 Å². The number of nitrogens with zero attached hydrogens (tertiary/aromatic N) is 6. The van der Waals surface area contributed by atoms with Crippen molar-refractivity contribution in [3.63, 3.8) is 0 Å². The highest BCUT2D eigenvalue weighted by atomic mass is 35.5. The zero-order valence-corrected chi connectivity index (χ0v) is 23.9. The van der Waals surface area contributed by atoms with E-state index < -0.39 is 0 Å². The van der Waals surface area contributed by atoms with E-state index in [4.69, 9.17) is 33.4 Å². The molecule has 1 fully saturated rings. The molecule has 0 radical (unpaired) electrons. The minimum absolute atomic E-state index is 0.143. The third-order valence-corrected chi connectivity index (χ3v) is 8.10. The molecular formula is C31H27Cl2N7O. The number of nitriles is 1. The number of hydrogen-bond acceptors (Lipinski definition) is 5. The lowest BCUT2D eigenvalue weighted by atomic mass is 9.95. The number of aromatic nitrogens is 3. The number of carbonyl (C=O) groups is 1. The van der Waals surface area contributed by atoms with Crippen LogP contribution in [-0.2, 0) is 6.54 Å². The number of piperazine rings is 1. The van der Waals surface area contributed by atoms with E-state index in [9.17, 15) is 4.79 Å². The van der Waals surface area contributed by atoms with Gasteiger partial charge in [0.25, 0.3) is 0 Å². The molecule has 2 aliphatic rings. The topological polar surface area (TPSA) is 90.1 Å². The number of aryl methyl sites for hydroxylation is 1. The summed E-state index contributed by atoms with van der Waals surface area (Å²) >= 11 is 13.0. The number of amides is 2. The van der Waals surface area contributed by atoms with Crippen LogP contribution in [0.2, 0.25) is 10.0 Å². The Labute approximate surface area is 248 Å². The first-order valence-electron chi connectivity index (χ1n) is 13.3. The van der Waals surface area contributed by atoms with E-state index in [1.54, 1.807) is 36.7 Å². The summed E-state index contributed by atoms with van der Waals surface area (Å²) in [6, 6.07) is 16.6. The lowest BCUT2D eigenvalue weighted by Crippen LogP contribution is -2.51. The monoisotopic (exact) mass is 583 g/mol. The molecule has 4 aromatic rings. The molecule has 1 unspecified atom stereocenters. The van der Waals surface area contributed by atoms with Gasteiger partial charge < -0.3 is 14.8 Å². The predicted octanol–water partition coefficient (Wildman–Crippen LogP) is 6.26. The Balaban J connectivity index is 1.29. The third-order valence-electron chi connectivity index (χ3n) is 7.66. The van der Waals surface area contributed by atoms with Gasteiger partial charge in [-0.15, -0.1) is 0 Å². The number of pyridine rings is 1. The molecule has 206 valence electrons. The van der Waals surface area contributed by atoms with Crippen LogP contribution in [0.25, 0.3) is 11.6 Å². The number of carbonyl (C=O) groups excluding carboxylic acids is 1. The molecule has 2 amide bonds. The fourth-order valence-electron chi connectivity index (χ4n) is 5.53. The van der Waals surface area contributed by atoms with Crippen LogP contribution in [0.3, 0.4) is 0 Å². The van der Waals surface area contributed by atoms with Crippen LogP contribution in [0.15, 0.2) is 67.1 Å². The SMILES string of the molecule is Cc1nccn1CC1=Cc2cc(Cl)ccc2C(N2CCN(C(=O)Nc3ccc(C#N)cc3)CC2)c2ncc(Cl)cc21. The van der Waals surface area contributed by atoms with Gasteiger partial charge in [0.05, 0.1) is 28.4 Å². The van der Waals surface area contributed by atoms with Crippen molar-refractivity contribution in [3.8, 4) is 6.07 Å². The second kappa shape index (κ2) is 11.4. The molecule has 1 saturated heterocycles. The molecule has 0 spiro atoms. The molecule has 1 aliphatic heterocycles. The van der Waals surface area contributed by atoms with E-state index in [0.29, 0.717) is 54.0 Å². The minimum atomic E-state index is -0.160. The maximum absolute atomic E-state index is 13.0. The van der Waals surface area contributed by atoms with Crippen LogP contribution in [0, 0.1) is 18.3 Å². The number of nitrogens with one attached hydrogen (secondary N) is 1. The zero-order chi connectivity index (χ0) is 28.5. The van der Waals surface area contributed by atoms with Crippen LogP contribution in [0.5, 0.6) is 0 Å². The molecule has 1 atom stereocenters. The predicted molar refractivity (Wildman–Crippen MR) is 161 cm³/mol. The van der Waals surface area contributed by atoms with Crippen molar-refractivity contribution in [2.24, 2.45) is 0 Å². The third kappa shape index (κ3) is 5.57. The summed E-state index contributed by atoms with van der Waals surface area (Å²) in [6.07, 6.45) is 7.65. The average Bonchev–Trinajstić information content (AvgIpc) is 3.33. The minimum Gasteiger partial charge on any atom is -0.331 e. The van der Waals surface area contributed by atoms with Gasteiger partial charge >= 0.3 is 6.03 Å². The first kappa shape index (κ1) is 27.0. The standard InChI is InChI=1S/C31H27Cl2N7O/c1-20-35-8-9-40(20)19-23-14-22-15-24(32)4-7-27(22)30(29-28(23)16-25(33)18-36-29)38-10-12-39(13-11-38)31(41)37-26-5-2-21(17-34)3-6-26/h2-9,14-16,18,30H,10-13,19H2,1H3,(H,37,41). The van der Waals surface area contributed by atoms with Gasteiger partial charge in [0.2, 0.25) is 0 Å². The number of rotatable bonds is 4. The molecule has 1 aliphatic carbocycles. The van der Waals surface area contributed by atoms with Crippen molar-refractivity contribution >= 4 is 46.6 Å². The average molecular weight is 585 g/mol. The van der Waals surface area contributed by atoms with Gasteiger partial charge in [-0.3, -0.25) is 9.88 Å². The summed E-state index contributed by atoms with van der Waals surface area (Å²) in [5.41, 5.74) is 6.34. The van der Waals surface area contributed by atoms with Crippen molar-refractivity contribution in [1.29, 1.82) is 5.26 Å². The van der Waals surface area contributed by atoms with Gasteiger partial charge in [-0.2, -0.15) is 5.26 Å². The van der Waals surface area contributed by atoms with Crippen LogP contribution >= 0.6 is 23.2 Å². The molecule has 0 saturated carbocycles. The smallest absolute Gasteiger partial charge is 0.321 e. The normalized spacial score (nSPS) is 16.7. The van der Waals surface area contributed by atoms with Gasteiger partial charge in [-0.25, -0.2) is 9.78 Å². The first-order valence-corrected chi connectivity index (χ1v) is 14.1. The Morgan fingerprint density at radius 2 is 1.83 bits per heavy atom. The maximum Gasteiger partial charge on any atom is 0.321 e. The van der Waals surface area contributed by atoms with Gasteiger partial charge in [0.1, 0.15) is 5.82 Å². The van der Waals surface area contributed by atoms with E-state index in [1.807, 2.05) is 36.2 Å². The highest BCUT2D eigenvalue weighted by Crippen LogP contribution is 2.41. The largest absolute Gasteiger partial charge is 0.331 e. The van der Waals surface area contributed by atoms with Crippen molar-refractivity contribution in [2.75, 3.05) is 31.5 Å². The van der Waals surface area contributed by atoms with E-state index in [0.717, 1.165) is 33.8 Å². The molecule has 2 aromatic carbocycles. The summed E-state index contributed by atoms with van der Waals surface area (Å²) < 4.78 is 2.10. The summed E-state index contributed by atoms with van der Waals surface area (Å²) in [6.45, 7) is 5.03. The van der Waals surface area contributed by atoms with Crippen LogP contribution < -0.4 is 5.32 Å². The highest BCUT2D eigenvalue weighted by Gasteiger charge is 2.34. The summed E-state index contributed by atoms with van der Waals surface area (Å²) in [7, 11) is 0. The van der Waals surface area contributed by atoms with E-state index in [2.05, 4.69) is 38.0 Å². The maximum atomic E-state index is 13.0. The number of imidazole rings is 1. The number of anilines is 1. The van der Waals surface area contributed by atoms with Crippen LogP contribution in [-0.4, -0.2) is 56.5 Å². The van der Waals surface area contributed by atoms with Crippen molar-refractivity contribution in [1.82, 2.24) is 24.3 Å². The van der Waals surface area contributed by atoms with Crippen molar-refractivity contribution in [3.05, 3.63) is 111 Å². The molecule has 1 N–H and O–H groups in total.